The number of imide groups is 1. The largest absolute Gasteiger partial charge is 0.294 e. The van der Waals surface area contributed by atoms with Gasteiger partial charge in [0.1, 0.15) is 0 Å². The molecule has 2 rings (SSSR count). The molecule has 0 heterocycles. The summed E-state index contributed by atoms with van der Waals surface area (Å²) in [5.41, 5.74) is 5.20. The number of unbranched alkanes of at least 4 members (excludes halogenated alkanes) is 5. The smallest absolute Gasteiger partial charge is 0.279 e. The molecule has 0 saturated carbocycles. The highest BCUT2D eigenvalue weighted by Crippen LogP contribution is 2.11. The summed E-state index contributed by atoms with van der Waals surface area (Å²) in [5, 5.41) is 0.787. The summed E-state index contributed by atoms with van der Waals surface area (Å²) in [7, 11) is 0. The van der Waals surface area contributed by atoms with Crippen molar-refractivity contribution in [2.75, 3.05) is 0 Å². The van der Waals surface area contributed by atoms with Gasteiger partial charge in [-0.25, -0.2) is 5.84 Å². The minimum absolute atomic E-state index is 0.165. The fourth-order valence-electron chi connectivity index (χ4n) is 3.14. The highest BCUT2D eigenvalue weighted by molar-refractivity contribution is 6.11. The van der Waals surface area contributed by atoms with Crippen LogP contribution in [0.15, 0.2) is 60.7 Å². The van der Waals surface area contributed by atoms with Crippen LogP contribution in [0.5, 0.6) is 0 Å². The molecule has 0 aliphatic carbocycles. The lowest BCUT2D eigenvalue weighted by Gasteiger charge is -2.21. The fourth-order valence-corrected chi connectivity index (χ4v) is 3.14. The molecular formula is C24H30N4O4. The molecule has 2 aromatic rings. The van der Waals surface area contributed by atoms with Crippen molar-refractivity contribution in [3.8, 4) is 0 Å². The van der Waals surface area contributed by atoms with E-state index in [2.05, 4.69) is 10.9 Å². The second-order valence-electron chi connectivity index (χ2n) is 7.40. The van der Waals surface area contributed by atoms with Crippen molar-refractivity contribution in [3.05, 3.63) is 71.8 Å². The van der Waals surface area contributed by atoms with Gasteiger partial charge < -0.3 is 0 Å². The average molecular weight is 439 g/mol. The Kier molecular flexibility index (Phi) is 10.6. The van der Waals surface area contributed by atoms with Crippen molar-refractivity contribution >= 4 is 23.6 Å². The summed E-state index contributed by atoms with van der Waals surface area (Å²) >= 11 is 0. The van der Waals surface area contributed by atoms with Crippen LogP contribution in [0.1, 0.15) is 72.1 Å². The molecule has 4 amide bonds. The highest BCUT2D eigenvalue weighted by atomic mass is 16.2. The molecule has 8 nitrogen and oxygen atoms in total. The van der Waals surface area contributed by atoms with E-state index >= 15 is 0 Å². The van der Waals surface area contributed by atoms with Gasteiger partial charge in [0.2, 0.25) is 11.8 Å². The maximum atomic E-state index is 12.9. The normalized spacial score (nSPS) is 10.3. The van der Waals surface area contributed by atoms with Gasteiger partial charge in [0.25, 0.3) is 11.8 Å². The predicted octanol–water partition coefficient (Wildman–Crippen LogP) is 3.11. The lowest BCUT2D eigenvalue weighted by molar-refractivity contribution is -0.124. The van der Waals surface area contributed by atoms with Crippen LogP contribution in [-0.2, 0) is 9.59 Å². The first kappa shape index (κ1) is 24.7. The number of hydrogen-bond donors (Lipinski definition) is 3. The van der Waals surface area contributed by atoms with E-state index in [-0.39, 0.29) is 12.3 Å². The number of benzene rings is 2. The molecule has 0 atom stereocenters. The van der Waals surface area contributed by atoms with Crippen LogP contribution in [0, 0.1) is 0 Å². The standard InChI is InChI=1S/C24H30N4O4/c25-26-21(29)17-11-3-1-2-4-12-18-22(30)27-28(23(31)19-13-7-5-8-14-19)24(32)20-15-9-6-10-16-20/h5-10,13-16H,1-4,11-12,17-18,25H2,(H,26,29)(H,27,30). The average Bonchev–Trinajstić information content (AvgIpc) is 2.84. The highest BCUT2D eigenvalue weighted by Gasteiger charge is 2.26. The fraction of sp³-hybridized carbons (Fsp3) is 0.333. The van der Waals surface area contributed by atoms with Gasteiger partial charge >= 0.3 is 0 Å². The van der Waals surface area contributed by atoms with E-state index in [1.54, 1.807) is 60.7 Å². The van der Waals surface area contributed by atoms with E-state index < -0.39 is 17.7 Å². The number of amides is 4. The number of hydrogen-bond acceptors (Lipinski definition) is 5. The number of carbonyl (C=O) groups is 4. The van der Waals surface area contributed by atoms with Gasteiger partial charge in [-0.05, 0) is 37.1 Å². The topological polar surface area (TPSA) is 122 Å². The Balaban J connectivity index is 1.85. The first-order valence-electron chi connectivity index (χ1n) is 10.8. The second kappa shape index (κ2) is 13.7. The molecule has 0 bridgehead atoms. The zero-order valence-corrected chi connectivity index (χ0v) is 18.1. The molecule has 0 saturated heterocycles. The van der Waals surface area contributed by atoms with E-state index in [0.717, 1.165) is 37.1 Å². The Labute approximate surface area is 188 Å². The van der Waals surface area contributed by atoms with Crippen LogP contribution in [-0.4, -0.2) is 28.6 Å². The molecule has 0 aliphatic heterocycles. The van der Waals surface area contributed by atoms with Crippen molar-refractivity contribution in [3.63, 3.8) is 0 Å². The summed E-state index contributed by atoms with van der Waals surface area (Å²) < 4.78 is 0. The summed E-state index contributed by atoms with van der Waals surface area (Å²) in [4.78, 5) is 49.3. The second-order valence-corrected chi connectivity index (χ2v) is 7.40. The Morgan fingerprint density at radius 3 is 1.47 bits per heavy atom. The minimum atomic E-state index is -0.589. The van der Waals surface area contributed by atoms with Crippen molar-refractivity contribution in [1.82, 2.24) is 15.9 Å². The van der Waals surface area contributed by atoms with Crippen molar-refractivity contribution in [2.24, 2.45) is 5.84 Å². The third kappa shape index (κ3) is 8.31. The van der Waals surface area contributed by atoms with E-state index in [4.69, 9.17) is 5.84 Å². The predicted molar refractivity (Wildman–Crippen MR) is 121 cm³/mol. The van der Waals surface area contributed by atoms with E-state index in [1.165, 1.54) is 0 Å². The molecule has 0 spiro atoms. The number of rotatable bonds is 11. The van der Waals surface area contributed by atoms with E-state index in [1.807, 2.05) is 0 Å². The van der Waals surface area contributed by atoms with Crippen molar-refractivity contribution in [2.45, 2.75) is 51.4 Å². The summed E-state index contributed by atoms with van der Waals surface area (Å²) in [5.74, 6) is 3.30. The third-order valence-electron chi connectivity index (χ3n) is 4.90. The molecule has 4 N–H and O–H groups in total. The number of nitrogens with one attached hydrogen (secondary N) is 2. The molecule has 32 heavy (non-hydrogen) atoms. The third-order valence-corrected chi connectivity index (χ3v) is 4.90. The Morgan fingerprint density at radius 2 is 1.03 bits per heavy atom. The van der Waals surface area contributed by atoms with Crippen LogP contribution in [0.3, 0.4) is 0 Å². The van der Waals surface area contributed by atoms with Crippen LogP contribution in [0.25, 0.3) is 0 Å². The van der Waals surface area contributed by atoms with E-state index in [9.17, 15) is 19.2 Å². The monoisotopic (exact) mass is 438 g/mol. The zero-order chi connectivity index (χ0) is 23.2. The zero-order valence-electron chi connectivity index (χ0n) is 18.1. The lowest BCUT2D eigenvalue weighted by Crippen LogP contribution is -2.49. The van der Waals surface area contributed by atoms with Gasteiger partial charge in [0.05, 0.1) is 0 Å². The molecule has 0 aromatic heterocycles. The Morgan fingerprint density at radius 1 is 0.625 bits per heavy atom. The quantitative estimate of drug-likeness (QED) is 0.164. The van der Waals surface area contributed by atoms with Crippen LogP contribution >= 0.6 is 0 Å². The van der Waals surface area contributed by atoms with Gasteiger partial charge in [-0.15, -0.1) is 0 Å². The van der Waals surface area contributed by atoms with Crippen LogP contribution in [0.4, 0.5) is 0 Å². The molecule has 0 radical (unpaired) electrons. The molecule has 0 aliphatic rings. The summed E-state index contributed by atoms with van der Waals surface area (Å²) in [6, 6.07) is 16.7. The Bertz CT molecular complexity index is 836. The number of nitrogens with zero attached hydrogens (tertiary/aromatic N) is 1. The van der Waals surface area contributed by atoms with Crippen LogP contribution < -0.4 is 16.7 Å². The Hall–Kier alpha value is -3.52. The molecule has 0 unspecified atom stereocenters. The molecule has 8 heteroatoms. The number of nitrogens with two attached hydrogens (primary N) is 1. The maximum absolute atomic E-state index is 12.9. The van der Waals surface area contributed by atoms with Gasteiger partial charge in [0, 0.05) is 24.0 Å². The summed E-state index contributed by atoms with van der Waals surface area (Å²) in [6.45, 7) is 0. The van der Waals surface area contributed by atoms with Gasteiger partial charge in [-0.1, -0.05) is 62.1 Å². The number of hydrazine groups is 2. The SMILES string of the molecule is NNC(=O)CCCCCCCCC(=O)NN(C(=O)c1ccccc1)C(=O)c1ccccc1. The molecule has 170 valence electrons. The lowest BCUT2D eigenvalue weighted by atomic mass is 10.1. The molecular weight excluding hydrogens is 408 g/mol. The van der Waals surface area contributed by atoms with Gasteiger partial charge in [-0.3, -0.25) is 30.0 Å². The van der Waals surface area contributed by atoms with Crippen LogP contribution in [0.2, 0.25) is 0 Å². The van der Waals surface area contributed by atoms with Crippen molar-refractivity contribution in [1.29, 1.82) is 0 Å². The summed E-state index contributed by atoms with van der Waals surface area (Å²) in [6.07, 6.45) is 5.71. The first-order chi connectivity index (χ1) is 15.5. The van der Waals surface area contributed by atoms with Gasteiger partial charge in [0.15, 0.2) is 0 Å². The maximum Gasteiger partial charge on any atom is 0.279 e. The van der Waals surface area contributed by atoms with Crippen molar-refractivity contribution < 1.29 is 19.2 Å². The van der Waals surface area contributed by atoms with Gasteiger partial charge in [-0.2, -0.15) is 5.01 Å². The molecule has 0 fully saturated rings. The first-order valence-corrected chi connectivity index (χ1v) is 10.8. The number of carbonyl (C=O) groups excluding carboxylic acids is 4. The van der Waals surface area contributed by atoms with E-state index in [0.29, 0.717) is 24.0 Å². The minimum Gasteiger partial charge on any atom is -0.294 e. The molecule has 2 aromatic carbocycles.